The average molecular weight is 347 g/mol. The molecule has 0 aromatic heterocycles. The molecule has 0 saturated carbocycles. The van der Waals surface area contributed by atoms with E-state index >= 15 is 0 Å². The van der Waals surface area contributed by atoms with Crippen molar-refractivity contribution in [3.63, 3.8) is 0 Å². The second-order valence-corrected chi connectivity index (χ2v) is 5.58. The number of likely N-dealkylation sites (tertiary alicyclic amines) is 1. The number of nitrogens with zero attached hydrogens (tertiary/aromatic N) is 1. The Hall–Kier alpha value is -1.07. The molecule has 0 radical (unpaired) electrons. The lowest BCUT2D eigenvalue weighted by Gasteiger charge is -2.15. The molecule has 6 heteroatoms. The Bertz CT molecular complexity index is 501. The summed E-state index contributed by atoms with van der Waals surface area (Å²) in [6.07, 6.45) is 2.03. The molecule has 1 aliphatic rings. The standard InChI is InChI=1S/C13H13BrClNO3/c14-11-4-3-9(15)7-10(11)13(18)19-8-12(17)16-5-1-2-6-16/h3-4,7H,1-2,5-6,8H2. The van der Waals surface area contributed by atoms with Gasteiger partial charge in [0.15, 0.2) is 6.61 Å². The van der Waals surface area contributed by atoms with Gasteiger partial charge < -0.3 is 9.64 Å². The van der Waals surface area contributed by atoms with Crippen molar-refractivity contribution in [2.24, 2.45) is 0 Å². The number of carbonyl (C=O) groups is 2. The van der Waals surface area contributed by atoms with Crippen molar-refractivity contribution in [3.05, 3.63) is 33.3 Å². The van der Waals surface area contributed by atoms with Gasteiger partial charge in [-0.05, 0) is 47.0 Å². The van der Waals surface area contributed by atoms with Gasteiger partial charge in [-0.3, -0.25) is 4.79 Å². The maximum absolute atomic E-state index is 11.9. The second-order valence-electron chi connectivity index (χ2n) is 4.29. The van der Waals surface area contributed by atoms with Crippen LogP contribution in [0, 0.1) is 0 Å². The number of ether oxygens (including phenoxy) is 1. The maximum Gasteiger partial charge on any atom is 0.339 e. The van der Waals surface area contributed by atoms with Gasteiger partial charge in [-0.15, -0.1) is 0 Å². The minimum atomic E-state index is -0.554. The molecule has 0 N–H and O–H groups in total. The highest BCUT2D eigenvalue weighted by Crippen LogP contribution is 2.22. The molecule has 4 nitrogen and oxygen atoms in total. The summed E-state index contributed by atoms with van der Waals surface area (Å²) >= 11 is 9.07. The van der Waals surface area contributed by atoms with E-state index in [-0.39, 0.29) is 12.5 Å². The molecule has 1 heterocycles. The van der Waals surface area contributed by atoms with Crippen LogP contribution in [-0.2, 0) is 9.53 Å². The summed E-state index contributed by atoms with van der Waals surface area (Å²) in [5, 5.41) is 0.445. The van der Waals surface area contributed by atoms with Crippen LogP contribution in [0.5, 0.6) is 0 Å². The van der Waals surface area contributed by atoms with Gasteiger partial charge >= 0.3 is 5.97 Å². The predicted molar refractivity (Wildman–Crippen MR) is 75.2 cm³/mol. The highest BCUT2D eigenvalue weighted by Gasteiger charge is 2.20. The lowest BCUT2D eigenvalue weighted by Crippen LogP contribution is -2.32. The van der Waals surface area contributed by atoms with Crippen LogP contribution in [0.25, 0.3) is 0 Å². The Morgan fingerprint density at radius 2 is 2.00 bits per heavy atom. The molecule has 1 saturated heterocycles. The van der Waals surface area contributed by atoms with Crippen LogP contribution in [0.15, 0.2) is 22.7 Å². The SMILES string of the molecule is O=C(OCC(=O)N1CCCC1)c1cc(Cl)ccc1Br. The quantitative estimate of drug-likeness (QED) is 0.791. The Morgan fingerprint density at radius 1 is 1.32 bits per heavy atom. The topological polar surface area (TPSA) is 46.6 Å². The second kappa shape index (κ2) is 6.39. The molecular weight excluding hydrogens is 334 g/mol. The van der Waals surface area contributed by atoms with Crippen LogP contribution in [-0.4, -0.2) is 36.5 Å². The molecule has 1 fully saturated rings. The molecule has 102 valence electrons. The van der Waals surface area contributed by atoms with E-state index in [9.17, 15) is 9.59 Å². The Kier molecular flexibility index (Phi) is 4.82. The van der Waals surface area contributed by atoms with Gasteiger partial charge in [-0.1, -0.05) is 11.6 Å². The van der Waals surface area contributed by atoms with Crippen molar-refractivity contribution in [2.45, 2.75) is 12.8 Å². The molecule has 19 heavy (non-hydrogen) atoms. The molecule has 1 aromatic carbocycles. The van der Waals surface area contributed by atoms with Gasteiger partial charge in [0, 0.05) is 22.6 Å². The Labute approximate surface area is 124 Å². The fourth-order valence-corrected chi connectivity index (χ4v) is 2.50. The first-order valence-electron chi connectivity index (χ1n) is 5.98. The molecule has 0 spiro atoms. The zero-order chi connectivity index (χ0) is 13.8. The molecule has 1 aliphatic heterocycles. The molecular formula is C13H13BrClNO3. The van der Waals surface area contributed by atoms with Crippen LogP contribution in [0.1, 0.15) is 23.2 Å². The third-order valence-electron chi connectivity index (χ3n) is 2.93. The Morgan fingerprint density at radius 3 is 2.68 bits per heavy atom. The van der Waals surface area contributed by atoms with E-state index in [0.29, 0.717) is 15.1 Å². The molecule has 1 aromatic rings. The summed E-state index contributed by atoms with van der Waals surface area (Å²) in [4.78, 5) is 25.3. The number of hydrogen-bond donors (Lipinski definition) is 0. The highest BCUT2D eigenvalue weighted by atomic mass is 79.9. The van der Waals surface area contributed by atoms with Crippen molar-refractivity contribution < 1.29 is 14.3 Å². The van der Waals surface area contributed by atoms with E-state index in [2.05, 4.69) is 15.9 Å². The van der Waals surface area contributed by atoms with E-state index in [1.807, 2.05) is 0 Å². The summed E-state index contributed by atoms with van der Waals surface area (Å²) in [6.45, 7) is 1.27. The van der Waals surface area contributed by atoms with Crippen LogP contribution in [0.2, 0.25) is 5.02 Å². The lowest BCUT2D eigenvalue weighted by atomic mass is 10.2. The van der Waals surface area contributed by atoms with E-state index in [1.54, 1.807) is 17.0 Å². The summed E-state index contributed by atoms with van der Waals surface area (Å²) in [5.74, 6) is -0.703. The zero-order valence-corrected chi connectivity index (χ0v) is 12.5. The van der Waals surface area contributed by atoms with Gasteiger partial charge in [-0.25, -0.2) is 4.79 Å². The first-order valence-corrected chi connectivity index (χ1v) is 7.15. The van der Waals surface area contributed by atoms with Gasteiger partial charge in [0.2, 0.25) is 0 Å². The summed E-state index contributed by atoms with van der Waals surface area (Å²) in [7, 11) is 0. The van der Waals surface area contributed by atoms with Gasteiger partial charge in [-0.2, -0.15) is 0 Å². The number of esters is 1. The van der Waals surface area contributed by atoms with Crippen molar-refractivity contribution in [3.8, 4) is 0 Å². The highest BCUT2D eigenvalue weighted by molar-refractivity contribution is 9.10. The van der Waals surface area contributed by atoms with Gasteiger partial charge in [0.05, 0.1) is 5.56 Å². The predicted octanol–water partition coefficient (Wildman–Crippen LogP) is 2.88. The van der Waals surface area contributed by atoms with Gasteiger partial charge in [0.1, 0.15) is 0 Å². The number of benzene rings is 1. The summed E-state index contributed by atoms with van der Waals surface area (Å²) in [5.41, 5.74) is 0.321. The minimum Gasteiger partial charge on any atom is -0.452 e. The molecule has 2 rings (SSSR count). The zero-order valence-electron chi connectivity index (χ0n) is 10.2. The van der Waals surface area contributed by atoms with E-state index < -0.39 is 5.97 Å². The third-order valence-corrected chi connectivity index (χ3v) is 3.86. The number of carbonyl (C=O) groups excluding carboxylic acids is 2. The van der Waals surface area contributed by atoms with E-state index in [0.717, 1.165) is 25.9 Å². The van der Waals surface area contributed by atoms with Crippen LogP contribution in [0.4, 0.5) is 0 Å². The van der Waals surface area contributed by atoms with Crippen molar-refractivity contribution in [1.82, 2.24) is 4.90 Å². The number of hydrogen-bond acceptors (Lipinski definition) is 3. The van der Waals surface area contributed by atoms with Crippen molar-refractivity contribution in [1.29, 1.82) is 0 Å². The largest absolute Gasteiger partial charge is 0.452 e. The van der Waals surface area contributed by atoms with E-state index in [4.69, 9.17) is 16.3 Å². The maximum atomic E-state index is 11.9. The number of amides is 1. The molecule has 0 atom stereocenters. The third kappa shape index (κ3) is 3.70. The molecule has 0 unspecified atom stereocenters. The monoisotopic (exact) mass is 345 g/mol. The first kappa shape index (κ1) is 14.3. The molecule has 1 amide bonds. The van der Waals surface area contributed by atoms with Crippen LogP contribution < -0.4 is 0 Å². The molecule has 0 aliphatic carbocycles. The minimum absolute atomic E-state index is 0.149. The van der Waals surface area contributed by atoms with Gasteiger partial charge in [0.25, 0.3) is 5.91 Å². The summed E-state index contributed by atoms with van der Waals surface area (Å²) in [6, 6.07) is 4.84. The fraction of sp³-hybridized carbons (Fsp3) is 0.385. The van der Waals surface area contributed by atoms with Crippen molar-refractivity contribution >= 4 is 39.4 Å². The number of rotatable bonds is 3. The number of halogens is 2. The average Bonchev–Trinajstić information content (AvgIpc) is 2.92. The smallest absolute Gasteiger partial charge is 0.339 e. The van der Waals surface area contributed by atoms with Crippen molar-refractivity contribution in [2.75, 3.05) is 19.7 Å². The lowest BCUT2D eigenvalue weighted by molar-refractivity contribution is -0.133. The Balaban J connectivity index is 1.93. The summed E-state index contributed by atoms with van der Waals surface area (Å²) < 4.78 is 5.61. The van der Waals surface area contributed by atoms with Crippen LogP contribution in [0.3, 0.4) is 0 Å². The van der Waals surface area contributed by atoms with E-state index in [1.165, 1.54) is 6.07 Å². The first-order chi connectivity index (χ1) is 9.08. The van der Waals surface area contributed by atoms with Crippen LogP contribution >= 0.6 is 27.5 Å². The fourth-order valence-electron chi connectivity index (χ4n) is 1.92. The normalized spacial score (nSPS) is 14.5. The molecule has 0 bridgehead atoms.